The van der Waals surface area contributed by atoms with Crippen LogP contribution in [-0.2, 0) is 12.4 Å². The van der Waals surface area contributed by atoms with Crippen molar-refractivity contribution in [3.63, 3.8) is 0 Å². The molecule has 2 aromatic heterocycles. The van der Waals surface area contributed by atoms with Gasteiger partial charge < -0.3 is 0 Å². The third-order valence-corrected chi connectivity index (χ3v) is 5.53. The first-order valence-corrected chi connectivity index (χ1v) is 9.05. The molecule has 22 heavy (non-hydrogen) atoms. The number of hydrogen-bond acceptors (Lipinski definition) is 8. The van der Waals surface area contributed by atoms with Crippen LogP contribution in [0.25, 0.3) is 0 Å². The van der Waals surface area contributed by atoms with E-state index in [0.29, 0.717) is 31.4 Å². The topological polar surface area (TPSA) is 51.6 Å². The lowest BCUT2D eigenvalue weighted by Crippen LogP contribution is -2.03. The molecule has 2 rings (SSSR count). The van der Waals surface area contributed by atoms with Gasteiger partial charge in [0.05, 0.1) is 0 Å². The highest BCUT2D eigenvalue weighted by atomic mass is 32.2. The Morgan fingerprint density at radius 1 is 0.682 bits per heavy atom. The van der Waals surface area contributed by atoms with E-state index in [9.17, 15) is 26.3 Å². The van der Waals surface area contributed by atoms with Crippen LogP contribution in [0.2, 0.25) is 0 Å². The van der Waals surface area contributed by atoms with E-state index < -0.39 is 22.4 Å². The van der Waals surface area contributed by atoms with E-state index in [1.807, 2.05) is 0 Å². The Morgan fingerprint density at radius 2 is 1.00 bits per heavy atom. The van der Waals surface area contributed by atoms with Gasteiger partial charge in [-0.05, 0) is 12.5 Å². The van der Waals surface area contributed by atoms with Gasteiger partial charge in [-0.15, -0.1) is 20.4 Å². The van der Waals surface area contributed by atoms with Crippen LogP contribution in [0, 0.1) is 0 Å². The highest BCUT2D eigenvalue weighted by Crippen LogP contribution is 2.34. The third-order valence-electron chi connectivity index (χ3n) is 1.65. The first kappa shape index (κ1) is 19.4. The minimum Gasteiger partial charge on any atom is -0.164 e. The van der Waals surface area contributed by atoms with Crippen molar-refractivity contribution >= 4 is 46.2 Å². The summed E-state index contributed by atoms with van der Waals surface area (Å²) >= 11 is 3.41. The zero-order chi connectivity index (χ0) is 17.0. The zero-order valence-electron chi connectivity index (χ0n) is 10.7. The van der Waals surface area contributed by atoms with Gasteiger partial charge >= 0.3 is 12.4 Å². The second-order valence-electron chi connectivity index (χ2n) is 3.15. The van der Waals surface area contributed by atoms with Crippen LogP contribution < -0.4 is 0 Å². The van der Waals surface area contributed by atoms with Gasteiger partial charge in [0.2, 0.25) is 10.0 Å². The van der Waals surface area contributed by atoms with Crippen LogP contribution in [0.15, 0.2) is 8.68 Å². The van der Waals surface area contributed by atoms with Crippen molar-refractivity contribution in [1.29, 1.82) is 0 Å². The molecular formula is C8H6F6N4S4. The molecule has 0 aromatic carbocycles. The van der Waals surface area contributed by atoms with Gasteiger partial charge in [0, 0.05) is 0 Å². The van der Waals surface area contributed by atoms with E-state index in [4.69, 9.17) is 0 Å². The molecule has 2 aromatic rings. The average Bonchev–Trinajstić information content (AvgIpc) is 3.07. The molecule has 4 nitrogen and oxygen atoms in total. The number of alkyl halides is 6. The summed E-state index contributed by atoms with van der Waals surface area (Å²) < 4.78 is 71.7. The lowest BCUT2D eigenvalue weighted by molar-refractivity contribution is -0.138. The molecule has 0 aliphatic rings. The molecule has 14 heteroatoms. The van der Waals surface area contributed by atoms with E-state index in [-0.39, 0.29) is 0 Å². The van der Waals surface area contributed by atoms with Crippen molar-refractivity contribution < 1.29 is 26.3 Å². The highest BCUT2D eigenvalue weighted by molar-refractivity contribution is 8.00. The van der Waals surface area contributed by atoms with Crippen molar-refractivity contribution in [2.24, 2.45) is 0 Å². The molecule has 0 fully saturated rings. The van der Waals surface area contributed by atoms with Gasteiger partial charge in [0.15, 0.2) is 8.68 Å². The lowest BCUT2D eigenvalue weighted by Gasteiger charge is -1.96. The molecule has 0 saturated heterocycles. The first-order chi connectivity index (χ1) is 10.1. The normalized spacial score (nSPS) is 12.0. The zero-order valence-corrected chi connectivity index (χ0v) is 14.0. The summed E-state index contributed by atoms with van der Waals surface area (Å²) in [5, 5.41) is 10.8. The number of thioether (sulfide) groups is 2. The lowest BCUT2D eigenvalue weighted by atomic mass is 10.7. The Bertz CT molecular complexity index is 540. The van der Waals surface area contributed by atoms with Crippen LogP contribution in [0.4, 0.5) is 26.3 Å². The quantitative estimate of drug-likeness (QED) is 0.544. The molecule has 0 aliphatic heterocycles. The number of nitrogens with zero attached hydrogens (tertiary/aromatic N) is 4. The highest BCUT2D eigenvalue weighted by Gasteiger charge is 2.36. The molecule has 0 atom stereocenters. The summed E-state index contributed by atoms with van der Waals surface area (Å²) in [6, 6.07) is 0. The van der Waals surface area contributed by atoms with E-state index in [0.717, 1.165) is 23.5 Å². The molecule has 0 N–H and O–H groups in total. The van der Waals surface area contributed by atoms with Gasteiger partial charge in [0.1, 0.15) is 0 Å². The molecule has 0 unspecified atom stereocenters. The Morgan fingerprint density at radius 3 is 1.14 bits per heavy atom. The number of aromatic nitrogens is 4. The maximum atomic E-state index is 11.8. The minimum atomic E-state index is -4.36. The predicted octanol–water partition coefficient (Wildman–Crippen LogP) is 4.56. The van der Waals surface area contributed by atoms with Crippen molar-refractivity contribution in [3.05, 3.63) is 10.0 Å². The monoisotopic (exact) mass is 400 g/mol. The van der Waals surface area contributed by atoms with Crippen LogP contribution >= 0.6 is 46.2 Å². The molecular weight excluding hydrogens is 394 g/mol. The summed E-state index contributed by atoms with van der Waals surface area (Å²) in [6.07, 6.45) is -5.40. The van der Waals surface area contributed by atoms with Crippen LogP contribution in [-0.4, -0.2) is 32.9 Å². The third kappa shape index (κ3) is 5.89. The van der Waals surface area contributed by atoms with E-state index in [2.05, 4.69) is 20.4 Å². The molecule has 2 heterocycles. The van der Waals surface area contributed by atoms with Gasteiger partial charge in [-0.25, -0.2) is 0 Å². The van der Waals surface area contributed by atoms with Crippen LogP contribution in [0.5, 0.6) is 0 Å². The fourth-order valence-corrected chi connectivity index (χ4v) is 3.09. The smallest absolute Gasteiger partial charge is 0.164 e. The van der Waals surface area contributed by atoms with Crippen LogP contribution in [0.1, 0.15) is 10.0 Å². The Kier molecular flexibility index (Phi) is 6.88. The number of hydrogen-bond donors (Lipinski definition) is 0. The molecule has 0 radical (unpaired) electrons. The standard InChI is InChI=1S/2C4H3F3N2S2/c2*1-10-3-9-8-2(11-3)4(5,6)7/h2*1H3. The summed E-state index contributed by atoms with van der Waals surface area (Å²) in [7, 11) is 0. The summed E-state index contributed by atoms with van der Waals surface area (Å²) in [4.78, 5) is 0. The molecule has 0 aliphatic carbocycles. The maximum Gasteiger partial charge on any atom is 0.445 e. The predicted molar refractivity (Wildman–Crippen MR) is 73.4 cm³/mol. The largest absolute Gasteiger partial charge is 0.445 e. The summed E-state index contributed by atoms with van der Waals surface area (Å²) in [6.45, 7) is 0. The molecule has 0 bridgehead atoms. The Balaban J connectivity index is 0.000000220. The van der Waals surface area contributed by atoms with Crippen molar-refractivity contribution in [3.8, 4) is 0 Å². The van der Waals surface area contributed by atoms with Gasteiger partial charge in [-0.2, -0.15) is 26.3 Å². The van der Waals surface area contributed by atoms with Crippen molar-refractivity contribution in [2.75, 3.05) is 12.5 Å². The Hall–Kier alpha value is -0.600. The van der Waals surface area contributed by atoms with Crippen LogP contribution in [0.3, 0.4) is 0 Å². The summed E-state index contributed by atoms with van der Waals surface area (Å²) in [5.74, 6) is 0. The van der Waals surface area contributed by atoms with E-state index in [1.54, 1.807) is 12.5 Å². The second-order valence-corrected chi connectivity index (χ2v) is 7.21. The second kappa shape index (κ2) is 7.79. The van der Waals surface area contributed by atoms with Crippen molar-refractivity contribution in [1.82, 2.24) is 20.4 Å². The number of halogens is 6. The Labute approximate surface area is 136 Å². The SMILES string of the molecule is CSc1nnc(C(F)(F)F)s1.CSc1nnc(C(F)(F)F)s1. The fraction of sp³-hybridized carbons (Fsp3) is 0.500. The van der Waals surface area contributed by atoms with E-state index in [1.165, 1.54) is 0 Å². The molecule has 124 valence electrons. The minimum absolute atomic E-state index is 0.331. The molecule has 0 saturated carbocycles. The van der Waals surface area contributed by atoms with Gasteiger partial charge in [0.25, 0.3) is 0 Å². The number of rotatable bonds is 2. The average molecular weight is 400 g/mol. The molecule has 0 spiro atoms. The van der Waals surface area contributed by atoms with Crippen molar-refractivity contribution in [2.45, 2.75) is 21.0 Å². The van der Waals surface area contributed by atoms with E-state index >= 15 is 0 Å². The summed E-state index contributed by atoms with van der Waals surface area (Å²) in [5.41, 5.74) is 0. The first-order valence-electron chi connectivity index (χ1n) is 4.97. The van der Waals surface area contributed by atoms with Gasteiger partial charge in [-0.3, -0.25) is 0 Å². The maximum absolute atomic E-state index is 11.8. The van der Waals surface area contributed by atoms with Gasteiger partial charge in [-0.1, -0.05) is 46.2 Å². The molecule has 0 amide bonds. The fourth-order valence-electron chi connectivity index (χ4n) is 0.814.